The van der Waals surface area contributed by atoms with E-state index in [1.54, 1.807) is 0 Å². The second kappa shape index (κ2) is 4.99. The third-order valence-electron chi connectivity index (χ3n) is 1.78. The molecule has 18 heavy (non-hydrogen) atoms. The van der Waals surface area contributed by atoms with Gasteiger partial charge in [0.1, 0.15) is 0 Å². The average Bonchev–Trinajstić information content (AvgIpc) is 2.10. The summed E-state index contributed by atoms with van der Waals surface area (Å²) in [5.41, 5.74) is -9.90. The molecule has 0 saturated heterocycles. The molecule has 0 aromatic rings. The summed E-state index contributed by atoms with van der Waals surface area (Å²) in [6.45, 7) is 0. The molecule has 0 unspecified atom stereocenters. The predicted molar refractivity (Wildman–Crippen MR) is 48.2 cm³/mol. The van der Waals surface area contributed by atoms with Crippen LogP contribution in [0.4, 0.5) is 17.6 Å². The molecule has 0 amide bonds. The molecule has 0 aliphatic carbocycles. The molecule has 0 aliphatic heterocycles. The molecule has 4 N–H and O–H groups in total. The van der Waals surface area contributed by atoms with E-state index in [1.165, 1.54) is 0 Å². The van der Waals surface area contributed by atoms with Crippen LogP contribution in [0.25, 0.3) is 0 Å². The summed E-state index contributed by atoms with van der Waals surface area (Å²) < 4.78 is 70.9. The molecule has 108 valence electrons. The number of ketones is 1. The Bertz CT molecular complexity index is 424. The van der Waals surface area contributed by atoms with E-state index in [1.807, 2.05) is 0 Å². The largest absolute Gasteiger partial charge is 0.402 e. The maximum atomic E-state index is 12.6. The smallest absolute Gasteiger partial charge is 0.320 e. The fourth-order valence-corrected chi connectivity index (χ4v) is 1.56. The molecule has 0 fully saturated rings. The lowest BCUT2D eigenvalue weighted by Gasteiger charge is -2.19. The highest BCUT2D eigenvalue weighted by molar-refractivity contribution is 7.54. The zero-order valence-electron chi connectivity index (χ0n) is 8.33. The van der Waals surface area contributed by atoms with Gasteiger partial charge in [0.25, 0.3) is 0 Å². The number of rotatable bonds is 6. The molecule has 0 aromatic carbocycles. The first kappa shape index (κ1) is 17.7. The van der Waals surface area contributed by atoms with Crippen LogP contribution in [0.5, 0.6) is 0 Å². The van der Waals surface area contributed by atoms with Crippen molar-refractivity contribution < 1.29 is 51.1 Å². The predicted octanol–water partition coefficient (Wildman–Crippen LogP) is 0.877. The number of carbonyl (C=O) groups is 1. The van der Waals surface area contributed by atoms with Crippen molar-refractivity contribution in [3.05, 3.63) is 0 Å². The van der Waals surface area contributed by atoms with Crippen LogP contribution in [-0.4, -0.2) is 36.7 Å². The van der Waals surface area contributed by atoms with Gasteiger partial charge in [-0.2, -0.15) is 17.6 Å². The lowest BCUT2D eigenvalue weighted by atomic mass is 10.2. The molecule has 0 spiro atoms. The highest BCUT2D eigenvalue weighted by Crippen LogP contribution is 2.57. The Morgan fingerprint density at radius 3 is 1.61 bits per heavy atom. The van der Waals surface area contributed by atoms with E-state index in [9.17, 15) is 31.5 Å². The first-order valence-electron chi connectivity index (χ1n) is 4.03. The van der Waals surface area contributed by atoms with Gasteiger partial charge in [-0.25, -0.2) is 0 Å². The third kappa shape index (κ3) is 3.84. The number of halogens is 4. The van der Waals surface area contributed by atoms with Gasteiger partial charge in [-0.15, -0.1) is 0 Å². The first-order chi connectivity index (χ1) is 7.63. The van der Waals surface area contributed by atoms with Crippen LogP contribution in [0, 0.1) is 0 Å². The minimum Gasteiger partial charge on any atom is -0.320 e. The fourth-order valence-electron chi connectivity index (χ4n) is 0.722. The summed E-state index contributed by atoms with van der Waals surface area (Å²) in [5, 5.41) is 0. The lowest BCUT2D eigenvalue weighted by molar-refractivity contribution is -0.136. The van der Waals surface area contributed by atoms with E-state index in [0.717, 1.165) is 0 Å². The Labute approximate surface area is 97.1 Å². The highest BCUT2D eigenvalue weighted by atomic mass is 31.2. The lowest BCUT2D eigenvalue weighted by Crippen LogP contribution is -2.30. The van der Waals surface area contributed by atoms with Crippen LogP contribution in [0.1, 0.15) is 12.8 Å². The minimum absolute atomic E-state index is 1.80. The summed E-state index contributed by atoms with van der Waals surface area (Å²) >= 11 is 0. The van der Waals surface area contributed by atoms with Crippen LogP contribution in [0.3, 0.4) is 0 Å². The van der Waals surface area contributed by atoms with Crippen LogP contribution in [-0.2, 0) is 13.9 Å². The van der Waals surface area contributed by atoms with E-state index in [0.29, 0.717) is 0 Å². The van der Waals surface area contributed by atoms with Crippen LogP contribution in [0.15, 0.2) is 0 Å². The number of hydrogen-bond donors (Lipinski definition) is 4. The number of hydrogen-bond acceptors (Lipinski definition) is 3. The van der Waals surface area contributed by atoms with Gasteiger partial charge in [0.05, 0.1) is 0 Å². The molecule has 0 rings (SSSR count). The van der Waals surface area contributed by atoms with Gasteiger partial charge in [-0.05, 0) is 0 Å². The van der Waals surface area contributed by atoms with Crippen molar-refractivity contribution in [3.8, 4) is 0 Å². The summed E-state index contributed by atoms with van der Waals surface area (Å²) in [6, 6.07) is 0. The molecular weight excluding hydrogens is 310 g/mol. The first-order valence-corrected chi connectivity index (χ1v) is 7.25. The van der Waals surface area contributed by atoms with Gasteiger partial charge < -0.3 is 19.6 Å². The Balaban J connectivity index is 4.84. The van der Waals surface area contributed by atoms with E-state index in [2.05, 4.69) is 0 Å². The second-order valence-electron chi connectivity index (χ2n) is 3.22. The molecular formula is C5H8F4O7P2. The molecule has 0 saturated carbocycles. The third-order valence-corrected chi connectivity index (χ3v) is 3.84. The molecule has 0 atom stereocenters. The van der Waals surface area contributed by atoms with Crippen LogP contribution >= 0.6 is 15.2 Å². The van der Waals surface area contributed by atoms with E-state index in [4.69, 9.17) is 19.6 Å². The standard InChI is InChI=1S/C5H8F4O7P2/c6-4(7,17(11,12)13)2-1-3(10)5(8,9)18(14,15)16/h1-2H2,(H2,11,12,13)(H2,14,15,16). The van der Waals surface area contributed by atoms with Crippen molar-refractivity contribution in [2.24, 2.45) is 0 Å². The zero-order valence-corrected chi connectivity index (χ0v) is 10.1. The normalized spacial score (nSPS) is 14.7. The Hall–Kier alpha value is -0.310. The van der Waals surface area contributed by atoms with Gasteiger partial charge in [0, 0.05) is 12.8 Å². The van der Waals surface area contributed by atoms with Crippen LogP contribution in [0.2, 0.25) is 0 Å². The van der Waals surface area contributed by atoms with Crippen molar-refractivity contribution >= 4 is 21.0 Å². The van der Waals surface area contributed by atoms with Gasteiger partial charge in [0.2, 0.25) is 5.78 Å². The van der Waals surface area contributed by atoms with E-state index < -0.39 is 45.1 Å². The van der Waals surface area contributed by atoms with Crippen molar-refractivity contribution in [2.75, 3.05) is 0 Å². The molecule has 0 aromatic heterocycles. The van der Waals surface area contributed by atoms with Crippen molar-refractivity contribution in [1.29, 1.82) is 0 Å². The maximum Gasteiger partial charge on any atom is 0.402 e. The van der Waals surface area contributed by atoms with Crippen molar-refractivity contribution in [3.63, 3.8) is 0 Å². The van der Waals surface area contributed by atoms with Gasteiger partial charge in [-0.1, -0.05) is 0 Å². The molecule has 0 bridgehead atoms. The number of alkyl halides is 4. The topological polar surface area (TPSA) is 132 Å². The van der Waals surface area contributed by atoms with Crippen molar-refractivity contribution in [1.82, 2.24) is 0 Å². The SMILES string of the molecule is O=C(CCC(F)(F)P(=O)(O)O)C(F)(F)P(=O)(O)O. The minimum atomic E-state index is -6.17. The number of carbonyl (C=O) groups excluding carboxylic acids is 1. The summed E-state index contributed by atoms with van der Waals surface area (Å²) in [4.78, 5) is 43.1. The molecule has 0 aliphatic rings. The zero-order chi connectivity index (χ0) is 15.0. The Kier molecular flexibility index (Phi) is 4.91. The summed E-state index contributed by atoms with van der Waals surface area (Å²) in [6.07, 6.45) is -3.75. The monoisotopic (exact) mass is 318 g/mol. The highest BCUT2D eigenvalue weighted by Gasteiger charge is 2.57. The molecule has 7 nitrogen and oxygen atoms in total. The molecule has 0 heterocycles. The second-order valence-corrected chi connectivity index (χ2v) is 6.61. The fraction of sp³-hybridized carbons (Fsp3) is 0.800. The quantitative estimate of drug-likeness (QED) is 0.422. The Morgan fingerprint density at radius 1 is 0.944 bits per heavy atom. The Morgan fingerprint density at radius 2 is 1.33 bits per heavy atom. The summed E-state index contributed by atoms with van der Waals surface area (Å²) in [7, 11) is -12.1. The van der Waals surface area contributed by atoms with E-state index in [-0.39, 0.29) is 0 Å². The van der Waals surface area contributed by atoms with Gasteiger partial charge >= 0.3 is 26.5 Å². The van der Waals surface area contributed by atoms with Gasteiger partial charge in [-0.3, -0.25) is 13.9 Å². The summed E-state index contributed by atoms with van der Waals surface area (Å²) in [5.74, 6) is -2.52. The van der Waals surface area contributed by atoms with Crippen LogP contribution < -0.4 is 0 Å². The molecule has 13 heteroatoms. The van der Waals surface area contributed by atoms with Gasteiger partial charge in [0.15, 0.2) is 0 Å². The average molecular weight is 318 g/mol. The van der Waals surface area contributed by atoms with E-state index >= 15 is 0 Å². The molecule has 0 radical (unpaired) electrons. The number of Topliss-reactive ketones (excluding diaryl/α,β-unsaturated/α-hetero) is 1. The van der Waals surface area contributed by atoms with Crippen molar-refractivity contribution in [2.45, 2.75) is 24.2 Å². The maximum absolute atomic E-state index is 12.6.